The summed E-state index contributed by atoms with van der Waals surface area (Å²) in [5.41, 5.74) is 3.08. The second kappa shape index (κ2) is 5.51. The van der Waals surface area contributed by atoms with E-state index >= 15 is 0 Å². The van der Waals surface area contributed by atoms with Gasteiger partial charge in [0, 0.05) is 33.8 Å². The molecule has 0 saturated heterocycles. The van der Waals surface area contributed by atoms with E-state index in [1.807, 2.05) is 23.6 Å². The molecular weight excluding hydrogens is 332 g/mol. The van der Waals surface area contributed by atoms with Gasteiger partial charge in [0.15, 0.2) is 11.5 Å². The highest BCUT2D eigenvalue weighted by Gasteiger charge is 2.29. The fraction of sp³-hybridized carbons (Fsp3) is 0.176. The average Bonchev–Trinajstić information content (AvgIpc) is 3.19. The van der Waals surface area contributed by atoms with E-state index in [0.717, 1.165) is 35.4 Å². The maximum absolute atomic E-state index is 12.8. The number of thiophene rings is 1. The lowest BCUT2D eigenvalue weighted by Gasteiger charge is -2.17. The fourth-order valence-electron chi connectivity index (χ4n) is 2.86. The molecule has 6 heteroatoms. The predicted molar refractivity (Wildman–Crippen MR) is 91.4 cm³/mol. The molecule has 1 aliphatic rings. The first-order valence-electron chi connectivity index (χ1n) is 7.24. The molecular formula is C17H13ClN2O2S. The van der Waals surface area contributed by atoms with Crippen LogP contribution in [0.2, 0.25) is 5.02 Å². The molecule has 1 amide bonds. The van der Waals surface area contributed by atoms with Gasteiger partial charge in [-0.05, 0) is 42.5 Å². The molecule has 0 unspecified atom stereocenters. The van der Waals surface area contributed by atoms with E-state index in [9.17, 15) is 4.79 Å². The first-order valence-corrected chi connectivity index (χ1v) is 8.50. The van der Waals surface area contributed by atoms with Crippen molar-refractivity contribution in [3.05, 3.63) is 56.9 Å². The first kappa shape index (κ1) is 14.5. The van der Waals surface area contributed by atoms with Crippen LogP contribution in [0.3, 0.4) is 0 Å². The van der Waals surface area contributed by atoms with Gasteiger partial charge in [-0.1, -0.05) is 22.8 Å². The maximum atomic E-state index is 12.8. The summed E-state index contributed by atoms with van der Waals surface area (Å²) >= 11 is 7.72. The van der Waals surface area contributed by atoms with E-state index in [1.54, 1.807) is 35.4 Å². The topological polar surface area (TPSA) is 46.3 Å². The Hall–Kier alpha value is -2.11. The van der Waals surface area contributed by atoms with Gasteiger partial charge in [-0.25, -0.2) is 0 Å². The lowest BCUT2D eigenvalue weighted by Crippen LogP contribution is -2.27. The molecule has 116 valence electrons. The van der Waals surface area contributed by atoms with Gasteiger partial charge in [-0.15, -0.1) is 11.3 Å². The Balaban J connectivity index is 1.71. The van der Waals surface area contributed by atoms with Crippen LogP contribution in [-0.2, 0) is 12.8 Å². The number of halogens is 1. The molecule has 0 fully saturated rings. The molecule has 4 rings (SSSR count). The van der Waals surface area contributed by atoms with Gasteiger partial charge in [0.1, 0.15) is 0 Å². The molecule has 4 nitrogen and oxygen atoms in total. The van der Waals surface area contributed by atoms with Crippen molar-refractivity contribution in [3.8, 4) is 11.3 Å². The lowest BCUT2D eigenvalue weighted by molar-refractivity contribution is 0.0983. The van der Waals surface area contributed by atoms with Gasteiger partial charge in [0.25, 0.3) is 5.91 Å². The van der Waals surface area contributed by atoms with E-state index in [4.69, 9.17) is 16.1 Å². The quantitative estimate of drug-likeness (QED) is 0.690. The smallest absolute Gasteiger partial charge is 0.280 e. The number of hydrogen-bond donors (Lipinski definition) is 0. The Morgan fingerprint density at radius 1 is 1.35 bits per heavy atom. The molecule has 1 aromatic carbocycles. The molecule has 0 bridgehead atoms. The minimum atomic E-state index is -0.184. The Morgan fingerprint density at radius 2 is 2.22 bits per heavy atom. The fourth-order valence-corrected chi connectivity index (χ4v) is 3.92. The predicted octanol–water partition coefficient (Wildman–Crippen LogP) is 4.43. The number of rotatable bonds is 2. The number of benzene rings is 1. The summed E-state index contributed by atoms with van der Waals surface area (Å²) in [5.74, 6) is 0.547. The highest BCUT2D eigenvalue weighted by atomic mass is 35.5. The largest absolute Gasteiger partial charge is 0.355 e. The molecule has 1 aliphatic carbocycles. The zero-order chi connectivity index (χ0) is 16.0. The number of carbonyl (C=O) groups excluding carboxylic acids is 1. The zero-order valence-electron chi connectivity index (χ0n) is 12.4. The number of carbonyl (C=O) groups is 1. The van der Waals surface area contributed by atoms with Crippen LogP contribution in [0.15, 0.2) is 40.2 Å². The van der Waals surface area contributed by atoms with Crippen LogP contribution < -0.4 is 4.90 Å². The molecule has 0 atom stereocenters. The lowest BCUT2D eigenvalue weighted by atomic mass is 9.95. The molecule has 3 aromatic rings. The van der Waals surface area contributed by atoms with Crippen LogP contribution in [0.1, 0.15) is 20.9 Å². The van der Waals surface area contributed by atoms with Gasteiger partial charge in [-0.3, -0.25) is 4.79 Å². The van der Waals surface area contributed by atoms with E-state index < -0.39 is 0 Å². The van der Waals surface area contributed by atoms with E-state index in [2.05, 4.69) is 5.16 Å². The molecule has 0 aliphatic heterocycles. The van der Waals surface area contributed by atoms with Crippen LogP contribution in [0, 0.1) is 0 Å². The monoisotopic (exact) mass is 344 g/mol. The molecule has 23 heavy (non-hydrogen) atoms. The van der Waals surface area contributed by atoms with Crippen LogP contribution in [0.4, 0.5) is 5.69 Å². The van der Waals surface area contributed by atoms with Crippen LogP contribution in [0.5, 0.6) is 0 Å². The van der Waals surface area contributed by atoms with Crippen LogP contribution >= 0.6 is 22.9 Å². The highest BCUT2D eigenvalue weighted by Crippen LogP contribution is 2.38. The highest BCUT2D eigenvalue weighted by molar-refractivity contribution is 7.10. The minimum absolute atomic E-state index is 0.184. The summed E-state index contributed by atoms with van der Waals surface area (Å²) in [4.78, 5) is 15.6. The average molecular weight is 345 g/mol. The molecule has 0 saturated carbocycles. The third kappa shape index (κ3) is 2.36. The first-order chi connectivity index (χ1) is 11.1. The summed E-state index contributed by atoms with van der Waals surface area (Å²) < 4.78 is 5.49. The van der Waals surface area contributed by atoms with Gasteiger partial charge in [0.2, 0.25) is 0 Å². The number of nitrogens with zero attached hydrogens (tertiary/aromatic N) is 2. The van der Waals surface area contributed by atoms with Crippen molar-refractivity contribution in [2.24, 2.45) is 0 Å². The number of anilines is 1. The Kier molecular flexibility index (Phi) is 3.47. The van der Waals surface area contributed by atoms with Crippen molar-refractivity contribution in [2.45, 2.75) is 12.8 Å². The molecule has 2 heterocycles. The Labute approximate surface area is 142 Å². The summed E-state index contributed by atoms with van der Waals surface area (Å²) in [6.07, 6.45) is 1.69. The molecule has 2 aromatic heterocycles. The van der Waals surface area contributed by atoms with Crippen LogP contribution in [-0.4, -0.2) is 18.1 Å². The SMILES string of the molecule is CN(C(=O)c1noc2c1CCc1sccc1-2)c1cccc(Cl)c1. The number of amides is 1. The van der Waals surface area contributed by atoms with Gasteiger partial charge in [0.05, 0.1) is 0 Å². The second-order valence-electron chi connectivity index (χ2n) is 5.44. The Morgan fingerprint density at radius 3 is 3.04 bits per heavy atom. The number of aromatic nitrogens is 1. The van der Waals surface area contributed by atoms with Crippen molar-refractivity contribution >= 4 is 34.5 Å². The van der Waals surface area contributed by atoms with Crippen molar-refractivity contribution < 1.29 is 9.32 Å². The number of aryl methyl sites for hydroxylation is 1. The molecule has 0 spiro atoms. The standard InChI is InChI=1S/C17H13ClN2O2S/c1-20(11-4-2-3-10(18)9-11)17(21)15-13-5-6-14-12(7-8-23-14)16(13)22-19-15/h2-4,7-9H,5-6H2,1H3. The van der Waals surface area contributed by atoms with Gasteiger partial charge >= 0.3 is 0 Å². The summed E-state index contributed by atoms with van der Waals surface area (Å²) in [6, 6.07) is 9.21. The normalized spacial score (nSPS) is 12.6. The third-order valence-electron chi connectivity index (χ3n) is 4.08. The van der Waals surface area contributed by atoms with Crippen molar-refractivity contribution in [2.75, 3.05) is 11.9 Å². The Bertz CT molecular complexity index is 900. The minimum Gasteiger partial charge on any atom is -0.355 e. The second-order valence-corrected chi connectivity index (χ2v) is 6.88. The molecule has 0 radical (unpaired) electrons. The summed E-state index contributed by atoms with van der Waals surface area (Å²) in [6.45, 7) is 0. The van der Waals surface area contributed by atoms with E-state index in [-0.39, 0.29) is 5.91 Å². The van der Waals surface area contributed by atoms with E-state index in [1.165, 1.54) is 4.88 Å². The van der Waals surface area contributed by atoms with Crippen molar-refractivity contribution in [1.82, 2.24) is 5.16 Å². The van der Waals surface area contributed by atoms with Gasteiger partial charge < -0.3 is 9.42 Å². The summed E-state index contributed by atoms with van der Waals surface area (Å²) in [5, 5.41) is 6.68. The number of hydrogen-bond acceptors (Lipinski definition) is 4. The maximum Gasteiger partial charge on any atom is 0.280 e. The number of fused-ring (bicyclic) bond motifs is 3. The van der Waals surface area contributed by atoms with Crippen molar-refractivity contribution in [1.29, 1.82) is 0 Å². The van der Waals surface area contributed by atoms with Gasteiger partial charge in [-0.2, -0.15) is 0 Å². The molecule has 0 N–H and O–H groups in total. The zero-order valence-corrected chi connectivity index (χ0v) is 13.9. The van der Waals surface area contributed by atoms with Crippen LogP contribution in [0.25, 0.3) is 11.3 Å². The summed E-state index contributed by atoms with van der Waals surface area (Å²) in [7, 11) is 1.72. The van der Waals surface area contributed by atoms with Crippen molar-refractivity contribution in [3.63, 3.8) is 0 Å². The van der Waals surface area contributed by atoms with E-state index in [0.29, 0.717) is 10.7 Å². The third-order valence-corrected chi connectivity index (χ3v) is 5.30.